The van der Waals surface area contributed by atoms with Gasteiger partial charge in [-0.1, -0.05) is 12.1 Å². The van der Waals surface area contributed by atoms with Gasteiger partial charge in [0.1, 0.15) is 11.5 Å². The molecular formula is C21H20O5. The monoisotopic (exact) mass is 352 g/mol. The Hall–Kier alpha value is -2.53. The number of hydrogen-bond donors (Lipinski definition) is 1. The van der Waals surface area contributed by atoms with Crippen LogP contribution in [-0.4, -0.2) is 24.8 Å². The van der Waals surface area contributed by atoms with Gasteiger partial charge < -0.3 is 19.3 Å². The smallest absolute Gasteiger partial charge is 0.231 e. The van der Waals surface area contributed by atoms with E-state index in [1.165, 1.54) is 0 Å². The number of aliphatic hydroxyl groups excluding tert-OH is 1. The largest absolute Gasteiger partial charge is 0.497 e. The molecule has 2 aromatic rings. The number of ether oxygens (including phenoxy) is 3. The van der Waals surface area contributed by atoms with Crippen molar-refractivity contribution >= 4 is 5.78 Å². The number of carbonyl (C=O) groups is 1. The minimum absolute atomic E-state index is 0.0634. The Balaban J connectivity index is 1.73. The summed E-state index contributed by atoms with van der Waals surface area (Å²) < 4.78 is 16.4. The summed E-state index contributed by atoms with van der Waals surface area (Å²) in [6.07, 6.45) is 0.588. The molecule has 0 bridgehead atoms. The lowest BCUT2D eigenvalue weighted by molar-refractivity contribution is -0.122. The predicted octanol–water partition coefficient (Wildman–Crippen LogP) is 3.20. The SMILES string of the molecule is COc1cccc([C@@H]2c3cc4c(cc3[C@H](O)C3CCC(=O)[C@H]32)OCO4)c1. The molecule has 26 heavy (non-hydrogen) atoms. The zero-order valence-electron chi connectivity index (χ0n) is 14.5. The molecule has 1 unspecified atom stereocenters. The average molecular weight is 352 g/mol. The molecule has 134 valence electrons. The van der Waals surface area contributed by atoms with E-state index in [-0.39, 0.29) is 30.3 Å². The molecule has 4 atom stereocenters. The molecule has 0 spiro atoms. The zero-order chi connectivity index (χ0) is 17.8. The number of ketones is 1. The van der Waals surface area contributed by atoms with Gasteiger partial charge in [0.2, 0.25) is 6.79 Å². The van der Waals surface area contributed by atoms with Crippen molar-refractivity contribution in [1.82, 2.24) is 0 Å². The number of benzene rings is 2. The van der Waals surface area contributed by atoms with Gasteiger partial charge in [-0.3, -0.25) is 4.79 Å². The minimum atomic E-state index is -0.655. The first kappa shape index (κ1) is 15.7. The molecule has 1 N–H and O–H groups in total. The Bertz CT molecular complexity index is 890. The van der Waals surface area contributed by atoms with E-state index in [2.05, 4.69) is 0 Å². The minimum Gasteiger partial charge on any atom is -0.497 e. The normalized spacial score (nSPS) is 28.6. The number of methoxy groups -OCH3 is 1. The molecule has 0 saturated heterocycles. The third-order valence-electron chi connectivity index (χ3n) is 6.01. The topological polar surface area (TPSA) is 65.0 Å². The first-order valence-corrected chi connectivity index (χ1v) is 8.95. The van der Waals surface area contributed by atoms with Gasteiger partial charge in [0.15, 0.2) is 11.5 Å². The Labute approximate surface area is 151 Å². The predicted molar refractivity (Wildman–Crippen MR) is 93.6 cm³/mol. The molecule has 5 rings (SSSR count). The second kappa shape index (κ2) is 5.74. The van der Waals surface area contributed by atoms with Crippen molar-refractivity contribution in [2.75, 3.05) is 13.9 Å². The van der Waals surface area contributed by atoms with Crippen molar-refractivity contribution < 1.29 is 24.1 Å². The van der Waals surface area contributed by atoms with Gasteiger partial charge in [-0.15, -0.1) is 0 Å². The van der Waals surface area contributed by atoms with E-state index in [4.69, 9.17) is 14.2 Å². The average Bonchev–Trinajstić information content (AvgIpc) is 3.28. The standard InChI is InChI=1S/C21H20O5/c1-24-12-4-2-3-11(7-12)19-14-8-17-18(26-10-25-17)9-15(14)21(23)13-5-6-16(22)20(13)19/h2-4,7-9,13,19-21,23H,5-6,10H2,1H3/t13?,19-,20+,21-/m1/s1. The van der Waals surface area contributed by atoms with Crippen LogP contribution in [0, 0.1) is 11.8 Å². The van der Waals surface area contributed by atoms with Crippen LogP contribution in [0.15, 0.2) is 36.4 Å². The van der Waals surface area contributed by atoms with Gasteiger partial charge >= 0.3 is 0 Å². The lowest BCUT2D eigenvalue weighted by atomic mass is 9.66. The van der Waals surface area contributed by atoms with Gasteiger partial charge in [-0.25, -0.2) is 0 Å². The van der Waals surface area contributed by atoms with Gasteiger partial charge in [0.25, 0.3) is 0 Å². The van der Waals surface area contributed by atoms with Crippen LogP contribution in [0.4, 0.5) is 0 Å². The molecule has 2 aromatic carbocycles. The summed E-state index contributed by atoms with van der Waals surface area (Å²) in [5.41, 5.74) is 2.83. The van der Waals surface area contributed by atoms with Crippen LogP contribution in [0.2, 0.25) is 0 Å². The lowest BCUT2D eigenvalue weighted by Crippen LogP contribution is -2.33. The molecular weight excluding hydrogens is 332 g/mol. The molecule has 0 radical (unpaired) electrons. The van der Waals surface area contributed by atoms with Crippen LogP contribution in [0.5, 0.6) is 17.2 Å². The number of hydrogen-bond acceptors (Lipinski definition) is 5. The fourth-order valence-corrected chi connectivity index (χ4v) is 4.83. The molecule has 5 heteroatoms. The summed E-state index contributed by atoms with van der Waals surface area (Å²) in [6, 6.07) is 11.7. The van der Waals surface area contributed by atoms with Gasteiger partial charge in [-0.05, 0) is 47.4 Å². The van der Waals surface area contributed by atoms with Crippen molar-refractivity contribution in [3.05, 3.63) is 53.1 Å². The van der Waals surface area contributed by atoms with Crippen LogP contribution in [0.3, 0.4) is 0 Å². The Kier molecular flexibility index (Phi) is 3.47. The van der Waals surface area contributed by atoms with Crippen molar-refractivity contribution in [1.29, 1.82) is 0 Å². The molecule has 2 aliphatic carbocycles. The van der Waals surface area contributed by atoms with E-state index >= 15 is 0 Å². The maximum atomic E-state index is 12.7. The summed E-state index contributed by atoms with van der Waals surface area (Å²) in [7, 11) is 1.64. The highest BCUT2D eigenvalue weighted by Gasteiger charge is 2.50. The molecule has 1 fully saturated rings. The number of aliphatic hydroxyl groups is 1. The van der Waals surface area contributed by atoms with Crippen LogP contribution >= 0.6 is 0 Å². The zero-order valence-corrected chi connectivity index (χ0v) is 14.5. The highest BCUT2D eigenvalue weighted by atomic mass is 16.7. The molecule has 3 aliphatic rings. The van der Waals surface area contributed by atoms with E-state index in [1.54, 1.807) is 7.11 Å². The first-order chi connectivity index (χ1) is 12.7. The maximum absolute atomic E-state index is 12.7. The van der Waals surface area contributed by atoms with Gasteiger partial charge in [-0.2, -0.15) is 0 Å². The van der Waals surface area contributed by atoms with Crippen LogP contribution in [0.25, 0.3) is 0 Å². The molecule has 1 saturated carbocycles. The summed E-state index contributed by atoms with van der Waals surface area (Å²) in [5, 5.41) is 11.0. The van der Waals surface area contributed by atoms with Crippen molar-refractivity contribution in [2.24, 2.45) is 11.8 Å². The molecule has 0 aromatic heterocycles. The summed E-state index contributed by atoms with van der Waals surface area (Å²) >= 11 is 0. The third kappa shape index (κ3) is 2.16. The highest BCUT2D eigenvalue weighted by molar-refractivity contribution is 5.86. The number of fused-ring (bicyclic) bond motifs is 3. The second-order valence-electron chi connectivity index (χ2n) is 7.23. The van der Waals surface area contributed by atoms with Crippen molar-refractivity contribution in [3.8, 4) is 17.2 Å². The van der Waals surface area contributed by atoms with E-state index in [9.17, 15) is 9.90 Å². The molecule has 1 heterocycles. The van der Waals surface area contributed by atoms with E-state index in [0.29, 0.717) is 17.9 Å². The summed E-state index contributed by atoms with van der Waals surface area (Å²) in [5.74, 6) is 1.93. The highest BCUT2D eigenvalue weighted by Crippen LogP contribution is 2.56. The van der Waals surface area contributed by atoms with Crippen LogP contribution in [-0.2, 0) is 4.79 Å². The molecule has 1 aliphatic heterocycles. The lowest BCUT2D eigenvalue weighted by Gasteiger charge is -2.38. The van der Waals surface area contributed by atoms with Crippen LogP contribution < -0.4 is 14.2 Å². The van der Waals surface area contributed by atoms with Gasteiger partial charge in [0.05, 0.1) is 13.2 Å². The van der Waals surface area contributed by atoms with Crippen molar-refractivity contribution in [2.45, 2.75) is 24.9 Å². The molecule has 5 nitrogen and oxygen atoms in total. The van der Waals surface area contributed by atoms with Crippen molar-refractivity contribution in [3.63, 3.8) is 0 Å². The third-order valence-corrected chi connectivity index (χ3v) is 6.01. The van der Waals surface area contributed by atoms with E-state index in [1.807, 2.05) is 36.4 Å². The van der Waals surface area contributed by atoms with E-state index < -0.39 is 6.10 Å². The fraction of sp³-hybridized carbons (Fsp3) is 0.381. The number of Topliss-reactive ketones (excluding diaryl/α,β-unsaturated/α-hetero) is 1. The van der Waals surface area contributed by atoms with Crippen LogP contribution in [0.1, 0.15) is 41.6 Å². The number of rotatable bonds is 2. The van der Waals surface area contributed by atoms with Gasteiger partial charge in [0, 0.05) is 24.2 Å². The Morgan fingerprint density at radius 1 is 1.12 bits per heavy atom. The number of carbonyl (C=O) groups excluding carboxylic acids is 1. The summed E-state index contributed by atoms with van der Waals surface area (Å²) in [4.78, 5) is 12.7. The molecule has 0 amide bonds. The quantitative estimate of drug-likeness (QED) is 0.899. The fourth-order valence-electron chi connectivity index (χ4n) is 4.83. The van der Waals surface area contributed by atoms with E-state index in [0.717, 1.165) is 28.9 Å². The second-order valence-corrected chi connectivity index (χ2v) is 7.23. The Morgan fingerprint density at radius 2 is 1.88 bits per heavy atom. The first-order valence-electron chi connectivity index (χ1n) is 8.95. The Morgan fingerprint density at radius 3 is 2.65 bits per heavy atom. The maximum Gasteiger partial charge on any atom is 0.231 e. The summed E-state index contributed by atoms with van der Waals surface area (Å²) in [6.45, 7) is 0.184.